The molecule has 176 valence electrons. The van der Waals surface area contributed by atoms with Crippen LogP contribution in [0.4, 0.5) is 0 Å². The number of hydrogen-bond donors (Lipinski definition) is 0. The Bertz CT molecular complexity index is 2450. The molecule has 0 bridgehead atoms. The zero-order valence-electron chi connectivity index (χ0n) is 18.4. The Labute approximate surface area is 243 Å². The van der Waals surface area contributed by atoms with Crippen molar-refractivity contribution < 1.29 is 0 Å². The molecule has 0 unspecified atom stereocenters. The number of fused-ring (bicyclic) bond motifs is 4. The summed E-state index contributed by atoms with van der Waals surface area (Å²) in [6, 6.07) is 17.4. The zero-order valence-corrected chi connectivity index (χ0v) is 24.7. The summed E-state index contributed by atoms with van der Waals surface area (Å²) in [6.45, 7) is 0. The molecule has 8 aromatic rings. The second kappa shape index (κ2) is 7.43. The van der Waals surface area contributed by atoms with E-state index in [9.17, 15) is 9.59 Å². The monoisotopic (exact) mass is 708 g/mol. The van der Waals surface area contributed by atoms with Gasteiger partial charge in [0, 0.05) is 61.5 Å². The van der Waals surface area contributed by atoms with Gasteiger partial charge in [0.2, 0.25) is 0 Å². The van der Waals surface area contributed by atoms with Crippen molar-refractivity contribution in [1.82, 2.24) is 0 Å². The van der Waals surface area contributed by atoms with Gasteiger partial charge in [-0.3, -0.25) is 9.59 Å². The molecule has 0 fully saturated rings. The van der Waals surface area contributed by atoms with Crippen LogP contribution in [0, 0.1) is 0 Å². The smallest absolute Gasteiger partial charge is 0.195 e. The minimum absolute atomic E-state index is 0.0566. The van der Waals surface area contributed by atoms with E-state index in [1.165, 1.54) is 0 Å². The first-order valence-corrected chi connectivity index (χ1v) is 14.4. The lowest BCUT2D eigenvalue weighted by Gasteiger charge is -2.19. The van der Waals surface area contributed by atoms with Crippen LogP contribution in [0.2, 0.25) is 10.0 Å². The summed E-state index contributed by atoms with van der Waals surface area (Å²) >= 11 is 23.7. The lowest BCUT2D eigenvalue weighted by Crippen LogP contribution is -2.07. The van der Waals surface area contributed by atoms with Crippen molar-refractivity contribution in [1.29, 1.82) is 0 Å². The summed E-state index contributed by atoms with van der Waals surface area (Å²) < 4.78 is 2.13. The molecule has 0 spiro atoms. The third-order valence-electron chi connectivity index (χ3n) is 7.59. The van der Waals surface area contributed by atoms with Crippen LogP contribution < -0.4 is 10.9 Å². The molecule has 0 aromatic heterocycles. The van der Waals surface area contributed by atoms with Crippen molar-refractivity contribution in [3.8, 4) is 0 Å². The van der Waals surface area contributed by atoms with Gasteiger partial charge in [0.05, 0.1) is 5.02 Å². The minimum atomic E-state index is -0.0816. The molecule has 37 heavy (non-hydrogen) atoms. The lowest BCUT2D eigenvalue weighted by atomic mass is 9.84. The predicted molar refractivity (Wildman–Crippen MR) is 168 cm³/mol. The Morgan fingerprint density at radius 3 is 1.70 bits per heavy atom. The van der Waals surface area contributed by atoms with E-state index in [0.29, 0.717) is 36.1 Å². The Morgan fingerprint density at radius 1 is 0.486 bits per heavy atom. The maximum atomic E-state index is 13.9. The quantitative estimate of drug-likeness (QED) is 0.0892. The van der Waals surface area contributed by atoms with Crippen molar-refractivity contribution in [2.75, 3.05) is 0 Å². The van der Waals surface area contributed by atoms with Gasteiger partial charge < -0.3 is 0 Å². The van der Waals surface area contributed by atoms with E-state index in [-0.39, 0.29) is 10.9 Å². The molecule has 8 aromatic carbocycles. The van der Waals surface area contributed by atoms with E-state index in [1.807, 2.05) is 36.4 Å². The molecular weight excluding hydrogens is 703 g/mol. The van der Waals surface area contributed by atoms with Gasteiger partial charge in [-0.15, -0.1) is 0 Å². The van der Waals surface area contributed by atoms with Gasteiger partial charge in [-0.2, -0.15) is 0 Å². The van der Waals surface area contributed by atoms with E-state index < -0.39 is 0 Å². The maximum Gasteiger partial charge on any atom is 0.195 e. The van der Waals surface area contributed by atoms with Gasteiger partial charge >= 0.3 is 0 Å². The molecular formula is C30H9Br3Cl2O2. The van der Waals surface area contributed by atoms with Gasteiger partial charge in [-0.25, -0.2) is 0 Å². The van der Waals surface area contributed by atoms with Gasteiger partial charge in [0.15, 0.2) is 10.9 Å². The normalized spacial score (nSPS) is 12.7. The fourth-order valence-electron chi connectivity index (χ4n) is 6.18. The highest BCUT2D eigenvalue weighted by Crippen LogP contribution is 2.48. The number of rotatable bonds is 0. The first-order chi connectivity index (χ1) is 17.8. The second-order valence-electron chi connectivity index (χ2n) is 9.39. The summed E-state index contributed by atoms with van der Waals surface area (Å²) in [5.74, 6) is 0. The maximum absolute atomic E-state index is 13.9. The van der Waals surface area contributed by atoms with Crippen LogP contribution in [-0.4, -0.2) is 0 Å². The molecule has 0 aliphatic rings. The van der Waals surface area contributed by atoms with Crippen LogP contribution in [0.25, 0.3) is 75.4 Å². The van der Waals surface area contributed by atoms with E-state index in [0.717, 1.165) is 62.8 Å². The van der Waals surface area contributed by atoms with Gasteiger partial charge in [0.1, 0.15) is 0 Å². The highest BCUT2D eigenvalue weighted by molar-refractivity contribution is 9.11. The Hall–Kier alpha value is -2.28. The second-order valence-corrected chi connectivity index (χ2v) is 12.7. The third kappa shape index (κ3) is 2.72. The average Bonchev–Trinajstić information content (AvgIpc) is 2.86. The fraction of sp³-hybridized carbons (Fsp3) is 0. The summed E-state index contributed by atoms with van der Waals surface area (Å²) in [5, 5.41) is 12.8. The van der Waals surface area contributed by atoms with Crippen molar-refractivity contribution in [3.63, 3.8) is 0 Å². The van der Waals surface area contributed by atoms with Crippen molar-refractivity contribution in [3.05, 3.63) is 98.5 Å². The van der Waals surface area contributed by atoms with E-state index >= 15 is 0 Å². The zero-order chi connectivity index (χ0) is 25.5. The topological polar surface area (TPSA) is 34.1 Å². The molecule has 0 saturated heterocycles. The molecule has 8 rings (SSSR count). The Morgan fingerprint density at radius 2 is 1.05 bits per heavy atom. The molecule has 0 radical (unpaired) electrons. The summed E-state index contributed by atoms with van der Waals surface area (Å²) in [7, 11) is 0. The highest BCUT2D eigenvalue weighted by atomic mass is 79.9. The van der Waals surface area contributed by atoms with Crippen LogP contribution in [0.1, 0.15) is 0 Å². The van der Waals surface area contributed by atoms with E-state index in [1.54, 1.807) is 6.07 Å². The summed E-state index contributed by atoms with van der Waals surface area (Å²) in [4.78, 5) is 27.6. The molecule has 0 aliphatic carbocycles. The number of halogens is 5. The van der Waals surface area contributed by atoms with Gasteiger partial charge in [-0.05, 0) is 90.7 Å². The van der Waals surface area contributed by atoms with Crippen LogP contribution in [0.15, 0.2) is 77.6 Å². The molecule has 2 nitrogen and oxygen atoms in total. The molecule has 0 heterocycles. The molecule has 0 saturated carbocycles. The molecule has 0 N–H and O–H groups in total. The van der Waals surface area contributed by atoms with Crippen LogP contribution in [0.5, 0.6) is 0 Å². The first kappa shape index (κ1) is 22.7. The number of hydrogen-bond acceptors (Lipinski definition) is 2. The van der Waals surface area contributed by atoms with E-state index in [4.69, 9.17) is 23.2 Å². The average molecular weight is 712 g/mol. The minimum Gasteiger partial charge on any atom is -0.289 e. The van der Waals surface area contributed by atoms with Crippen LogP contribution in [-0.2, 0) is 0 Å². The fourth-order valence-corrected chi connectivity index (χ4v) is 8.68. The SMILES string of the molecule is O=c1c2cc(Cl)cc(Br)c2c2cc3ccc4c(=O)c5c(Br)c(Cl)cc(Br)c5c5cc6ccc1c2c6c3c45. The van der Waals surface area contributed by atoms with Crippen LogP contribution in [0.3, 0.4) is 0 Å². The Kier molecular flexibility index (Phi) is 4.55. The van der Waals surface area contributed by atoms with Gasteiger partial charge in [0.25, 0.3) is 0 Å². The lowest BCUT2D eigenvalue weighted by molar-refractivity contribution is 1.67. The standard InChI is InChI=1S/C30H9Br3Cl2O2/c31-18-8-12(34)7-17-23(18)15-5-10-2-4-14-25-16(26-19(32)9-20(35)28(33)27(26)30(14)37)6-11-1-3-13(29(17)36)24(15)21(11)22(10)25/h1-9H. The number of benzene rings is 8. The predicted octanol–water partition coefficient (Wildman–Crippen LogP) is 10.4. The molecule has 0 aliphatic heterocycles. The Balaban J connectivity index is 1.77. The largest absolute Gasteiger partial charge is 0.289 e. The summed E-state index contributed by atoms with van der Waals surface area (Å²) in [6.07, 6.45) is 0. The van der Waals surface area contributed by atoms with Gasteiger partial charge in [-0.1, -0.05) is 67.2 Å². The van der Waals surface area contributed by atoms with Crippen molar-refractivity contribution in [2.24, 2.45) is 0 Å². The highest BCUT2D eigenvalue weighted by Gasteiger charge is 2.24. The molecule has 7 heteroatoms. The van der Waals surface area contributed by atoms with Crippen molar-refractivity contribution in [2.45, 2.75) is 0 Å². The molecule has 0 atom stereocenters. The first-order valence-electron chi connectivity index (χ1n) is 11.3. The van der Waals surface area contributed by atoms with Crippen LogP contribution >= 0.6 is 71.0 Å². The molecule has 0 amide bonds. The van der Waals surface area contributed by atoms with E-state index in [2.05, 4.69) is 59.9 Å². The van der Waals surface area contributed by atoms with Crippen molar-refractivity contribution >= 4 is 146 Å². The summed E-state index contributed by atoms with van der Waals surface area (Å²) in [5.41, 5.74) is -0.138. The third-order valence-corrected chi connectivity index (χ3v) is 10.4.